The van der Waals surface area contributed by atoms with E-state index in [9.17, 15) is 18.0 Å². The Hall–Kier alpha value is -4.59. The van der Waals surface area contributed by atoms with Gasteiger partial charge >= 0.3 is 6.18 Å². The topological polar surface area (TPSA) is 55.6 Å². The SMILES string of the molecule is CCOc1cccc(-c2ccc3nc(-c4ccccc4)c(CCC(=O)Nc4cccc(C(F)(F)F)c4)n3c2)c1. The van der Waals surface area contributed by atoms with Crippen LogP contribution >= 0.6 is 0 Å². The first-order valence-electron chi connectivity index (χ1n) is 12.6. The Bertz CT molecular complexity index is 1610. The molecule has 0 aliphatic heterocycles. The molecule has 8 heteroatoms. The number of benzene rings is 3. The van der Waals surface area contributed by atoms with E-state index in [1.54, 1.807) is 0 Å². The van der Waals surface area contributed by atoms with Gasteiger partial charge in [0.25, 0.3) is 0 Å². The van der Waals surface area contributed by atoms with Crippen molar-refractivity contribution >= 4 is 17.2 Å². The van der Waals surface area contributed by atoms with Gasteiger partial charge in [-0.1, -0.05) is 48.5 Å². The number of halogens is 3. The van der Waals surface area contributed by atoms with Gasteiger partial charge in [0.15, 0.2) is 0 Å². The maximum atomic E-state index is 13.1. The number of imidazole rings is 1. The highest BCUT2D eigenvalue weighted by molar-refractivity contribution is 5.91. The summed E-state index contributed by atoms with van der Waals surface area (Å²) in [5, 5.41) is 2.60. The summed E-state index contributed by atoms with van der Waals surface area (Å²) in [7, 11) is 0. The Balaban J connectivity index is 1.46. The van der Waals surface area contributed by atoms with Crippen LogP contribution in [0.3, 0.4) is 0 Å². The maximum absolute atomic E-state index is 13.1. The molecule has 0 unspecified atom stereocenters. The molecule has 198 valence electrons. The fourth-order valence-corrected chi connectivity index (χ4v) is 4.49. The summed E-state index contributed by atoms with van der Waals surface area (Å²) in [6, 6.07) is 26.1. The highest BCUT2D eigenvalue weighted by Crippen LogP contribution is 2.32. The summed E-state index contributed by atoms with van der Waals surface area (Å²) in [4.78, 5) is 17.7. The minimum atomic E-state index is -4.48. The van der Waals surface area contributed by atoms with Crippen molar-refractivity contribution in [3.05, 3.63) is 108 Å². The molecule has 0 spiro atoms. The third-order valence-corrected chi connectivity index (χ3v) is 6.31. The lowest BCUT2D eigenvalue weighted by Crippen LogP contribution is -2.14. The van der Waals surface area contributed by atoms with Crippen LogP contribution in [-0.2, 0) is 17.4 Å². The van der Waals surface area contributed by atoms with Gasteiger partial charge in [0.1, 0.15) is 11.4 Å². The van der Waals surface area contributed by atoms with E-state index in [1.165, 1.54) is 12.1 Å². The molecule has 1 N–H and O–H groups in total. The molecule has 0 saturated heterocycles. The number of anilines is 1. The van der Waals surface area contributed by atoms with Gasteiger partial charge in [-0.25, -0.2) is 4.98 Å². The van der Waals surface area contributed by atoms with Crippen molar-refractivity contribution in [1.82, 2.24) is 9.38 Å². The van der Waals surface area contributed by atoms with Crippen molar-refractivity contribution in [3.8, 4) is 28.1 Å². The van der Waals surface area contributed by atoms with Crippen LogP contribution < -0.4 is 10.1 Å². The molecule has 0 atom stereocenters. The average Bonchev–Trinajstić information content (AvgIpc) is 3.30. The number of aryl methyl sites for hydroxylation is 1. The molecule has 0 saturated carbocycles. The van der Waals surface area contributed by atoms with Crippen LogP contribution in [0.5, 0.6) is 5.75 Å². The molecular formula is C31H26F3N3O2. The first-order chi connectivity index (χ1) is 18.8. The molecule has 2 heterocycles. The number of pyridine rings is 1. The van der Waals surface area contributed by atoms with Gasteiger partial charge in [-0.15, -0.1) is 0 Å². The second-order valence-corrected chi connectivity index (χ2v) is 9.01. The molecule has 0 radical (unpaired) electrons. The van der Waals surface area contributed by atoms with Crippen LogP contribution in [0.15, 0.2) is 97.2 Å². The zero-order chi connectivity index (χ0) is 27.4. The Morgan fingerprint density at radius 1 is 0.897 bits per heavy atom. The molecule has 2 aromatic heterocycles. The number of carbonyl (C=O) groups is 1. The molecule has 5 nitrogen and oxygen atoms in total. The van der Waals surface area contributed by atoms with E-state index < -0.39 is 11.7 Å². The standard InChI is InChI=1S/C31H26F3N3O2/c1-2-39-26-13-6-10-22(18-26)23-14-16-28-36-30(21-8-4-3-5-9-21)27(37(28)20-23)15-17-29(38)35-25-12-7-11-24(19-25)31(32,33)34/h3-14,16,18-20H,2,15,17H2,1H3,(H,35,38). The fraction of sp³-hybridized carbons (Fsp3) is 0.161. The second kappa shape index (κ2) is 11.0. The number of amides is 1. The van der Waals surface area contributed by atoms with E-state index in [4.69, 9.17) is 9.72 Å². The van der Waals surface area contributed by atoms with E-state index in [1.807, 2.05) is 84.3 Å². The Kier molecular flexibility index (Phi) is 7.36. The van der Waals surface area contributed by atoms with Crippen molar-refractivity contribution in [2.75, 3.05) is 11.9 Å². The van der Waals surface area contributed by atoms with Crippen molar-refractivity contribution in [2.45, 2.75) is 25.9 Å². The molecule has 3 aromatic carbocycles. The molecule has 0 aliphatic rings. The van der Waals surface area contributed by atoms with Crippen LogP contribution in [0.2, 0.25) is 0 Å². The van der Waals surface area contributed by atoms with Crippen molar-refractivity contribution in [2.24, 2.45) is 0 Å². The maximum Gasteiger partial charge on any atom is 0.416 e. The van der Waals surface area contributed by atoms with Gasteiger partial charge < -0.3 is 14.5 Å². The van der Waals surface area contributed by atoms with E-state index >= 15 is 0 Å². The van der Waals surface area contributed by atoms with Gasteiger partial charge in [0, 0.05) is 23.9 Å². The number of alkyl halides is 3. The van der Waals surface area contributed by atoms with Gasteiger partial charge in [-0.3, -0.25) is 4.79 Å². The smallest absolute Gasteiger partial charge is 0.416 e. The van der Waals surface area contributed by atoms with Gasteiger partial charge in [-0.05, 0) is 66.9 Å². The fourth-order valence-electron chi connectivity index (χ4n) is 4.49. The van der Waals surface area contributed by atoms with E-state index in [-0.39, 0.29) is 18.0 Å². The van der Waals surface area contributed by atoms with Crippen molar-refractivity contribution in [1.29, 1.82) is 0 Å². The molecular weight excluding hydrogens is 503 g/mol. The van der Waals surface area contributed by atoms with Crippen LogP contribution in [0.4, 0.5) is 18.9 Å². The number of carbonyl (C=O) groups excluding carboxylic acids is 1. The van der Waals surface area contributed by atoms with Crippen molar-refractivity contribution < 1.29 is 22.7 Å². The number of hydrogen-bond acceptors (Lipinski definition) is 3. The zero-order valence-electron chi connectivity index (χ0n) is 21.2. The highest BCUT2D eigenvalue weighted by Gasteiger charge is 2.30. The normalized spacial score (nSPS) is 11.5. The molecule has 39 heavy (non-hydrogen) atoms. The van der Waals surface area contributed by atoms with Gasteiger partial charge in [-0.2, -0.15) is 13.2 Å². The number of nitrogens with zero attached hydrogens (tertiary/aromatic N) is 2. The Morgan fingerprint density at radius 2 is 1.67 bits per heavy atom. The Morgan fingerprint density at radius 3 is 2.44 bits per heavy atom. The number of hydrogen-bond donors (Lipinski definition) is 1. The number of ether oxygens (including phenoxy) is 1. The lowest BCUT2D eigenvalue weighted by molar-refractivity contribution is -0.137. The van der Waals surface area contributed by atoms with Crippen LogP contribution in [0, 0.1) is 0 Å². The summed E-state index contributed by atoms with van der Waals surface area (Å²) in [5.74, 6) is 0.390. The molecule has 5 aromatic rings. The van der Waals surface area contributed by atoms with E-state index in [0.29, 0.717) is 13.0 Å². The summed E-state index contributed by atoms with van der Waals surface area (Å²) in [6.45, 7) is 2.50. The third kappa shape index (κ3) is 5.95. The van der Waals surface area contributed by atoms with Crippen LogP contribution in [0.25, 0.3) is 28.0 Å². The lowest BCUT2D eigenvalue weighted by Gasteiger charge is -2.11. The first kappa shape index (κ1) is 26.0. The molecule has 0 bridgehead atoms. The summed E-state index contributed by atoms with van der Waals surface area (Å²) < 4.78 is 46.9. The number of aromatic nitrogens is 2. The first-order valence-corrected chi connectivity index (χ1v) is 12.6. The summed E-state index contributed by atoms with van der Waals surface area (Å²) in [6.07, 6.45) is -2.10. The molecule has 0 aliphatic carbocycles. The van der Waals surface area contributed by atoms with Crippen LogP contribution in [0.1, 0.15) is 24.6 Å². The minimum Gasteiger partial charge on any atom is -0.494 e. The monoisotopic (exact) mass is 529 g/mol. The molecule has 1 amide bonds. The summed E-state index contributed by atoms with van der Waals surface area (Å²) >= 11 is 0. The van der Waals surface area contributed by atoms with Gasteiger partial charge in [0.2, 0.25) is 5.91 Å². The zero-order valence-corrected chi connectivity index (χ0v) is 21.2. The third-order valence-electron chi connectivity index (χ3n) is 6.31. The quantitative estimate of drug-likeness (QED) is 0.225. The molecule has 5 rings (SSSR count). The summed E-state index contributed by atoms with van der Waals surface area (Å²) in [5.41, 5.74) is 4.45. The van der Waals surface area contributed by atoms with Gasteiger partial charge in [0.05, 0.1) is 23.6 Å². The largest absolute Gasteiger partial charge is 0.494 e. The van der Waals surface area contributed by atoms with Crippen molar-refractivity contribution in [3.63, 3.8) is 0 Å². The number of nitrogens with one attached hydrogen (secondary N) is 1. The Labute approximate surface area is 223 Å². The second-order valence-electron chi connectivity index (χ2n) is 9.01. The predicted molar refractivity (Wildman–Crippen MR) is 146 cm³/mol. The lowest BCUT2D eigenvalue weighted by atomic mass is 10.1. The van der Waals surface area contributed by atoms with Crippen LogP contribution in [-0.4, -0.2) is 21.9 Å². The van der Waals surface area contributed by atoms with E-state index in [0.717, 1.165) is 51.6 Å². The highest BCUT2D eigenvalue weighted by atomic mass is 19.4. The number of fused-ring (bicyclic) bond motifs is 1. The van der Waals surface area contributed by atoms with E-state index in [2.05, 4.69) is 5.32 Å². The molecule has 0 fully saturated rings. The minimum absolute atomic E-state index is 0.0634. The average molecular weight is 530 g/mol. The predicted octanol–water partition coefficient (Wildman–Crippen LogP) is 7.66. The number of rotatable bonds is 8.